The first kappa shape index (κ1) is 34.9. The van der Waals surface area contributed by atoms with Gasteiger partial charge in [-0.15, -0.1) is 0 Å². The molecule has 4 aromatic rings. The highest BCUT2D eigenvalue weighted by Crippen LogP contribution is 2.28. The molecule has 0 atom stereocenters. The largest absolute Gasteiger partial charge is 0.393 e. The Morgan fingerprint density at radius 3 is 1.68 bits per heavy atom. The second-order valence-electron chi connectivity index (χ2n) is 12.6. The van der Waals surface area contributed by atoms with Gasteiger partial charge in [0.05, 0.1) is 53.3 Å². The summed E-state index contributed by atoms with van der Waals surface area (Å²) in [4.78, 5) is 52.1. The molecule has 3 aliphatic rings. The quantitative estimate of drug-likeness (QED) is 0.110. The van der Waals surface area contributed by atoms with Gasteiger partial charge < -0.3 is 20.8 Å². The van der Waals surface area contributed by atoms with E-state index in [0.29, 0.717) is 28.4 Å². The van der Waals surface area contributed by atoms with Crippen molar-refractivity contribution in [3.05, 3.63) is 89.4 Å². The number of aliphatic hydroxyl groups excluding tert-OH is 2. The Hall–Kier alpha value is -4.98. The molecule has 12 nitrogen and oxygen atoms in total. The zero-order chi connectivity index (χ0) is 34.9. The molecule has 2 saturated carbocycles. The van der Waals surface area contributed by atoms with Gasteiger partial charge in [0.1, 0.15) is 17.9 Å². The molecule has 7 rings (SSSR count). The van der Waals surface area contributed by atoms with Crippen LogP contribution < -0.4 is 16.0 Å². The molecule has 50 heavy (non-hydrogen) atoms. The Bertz CT molecular complexity index is 1860. The number of aromatic nitrogens is 4. The lowest BCUT2D eigenvalue weighted by molar-refractivity contribution is -0.115. The molecule has 0 bridgehead atoms. The van der Waals surface area contributed by atoms with Crippen molar-refractivity contribution in [1.29, 1.82) is 0 Å². The number of hydrogen-bond acceptors (Lipinski definition) is 12. The number of anilines is 2. The maximum Gasteiger partial charge on any atom is 0.290 e. The third-order valence-corrected chi connectivity index (χ3v) is 9.62. The van der Waals surface area contributed by atoms with Crippen molar-refractivity contribution in [1.82, 2.24) is 25.3 Å². The number of aliphatic hydroxyl groups is 2. The smallest absolute Gasteiger partial charge is 0.290 e. The summed E-state index contributed by atoms with van der Waals surface area (Å²) >= 11 is 0.898. The van der Waals surface area contributed by atoms with E-state index in [1.54, 1.807) is 43.0 Å². The van der Waals surface area contributed by atoms with Gasteiger partial charge in [-0.1, -0.05) is 36.4 Å². The number of amides is 2. The third-order valence-electron chi connectivity index (χ3n) is 8.81. The summed E-state index contributed by atoms with van der Waals surface area (Å²) in [6, 6.07) is 15.5. The summed E-state index contributed by atoms with van der Waals surface area (Å²) < 4.78 is 0. The van der Waals surface area contributed by atoms with Crippen LogP contribution in [0.3, 0.4) is 0 Å². The summed E-state index contributed by atoms with van der Waals surface area (Å²) in [5.41, 5.74) is 4.65. The van der Waals surface area contributed by atoms with Crippen LogP contribution in [0.2, 0.25) is 0 Å². The van der Waals surface area contributed by atoms with E-state index in [0.717, 1.165) is 103 Å². The van der Waals surface area contributed by atoms with Crippen LogP contribution in [0.4, 0.5) is 16.4 Å². The van der Waals surface area contributed by atoms with E-state index in [2.05, 4.69) is 35.9 Å². The fourth-order valence-electron chi connectivity index (χ4n) is 6.14. The van der Waals surface area contributed by atoms with Crippen LogP contribution in [0, 0.1) is 0 Å². The summed E-state index contributed by atoms with van der Waals surface area (Å²) in [7, 11) is 0. The number of nitrogens with zero attached hydrogens (tertiary/aromatic N) is 4. The summed E-state index contributed by atoms with van der Waals surface area (Å²) in [5.74, 6) is 1.07. The van der Waals surface area contributed by atoms with Crippen molar-refractivity contribution in [3.63, 3.8) is 0 Å². The highest BCUT2D eigenvalue weighted by atomic mass is 32.2. The van der Waals surface area contributed by atoms with Gasteiger partial charge >= 0.3 is 0 Å². The van der Waals surface area contributed by atoms with E-state index in [9.17, 15) is 24.6 Å². The Morgan fingerprint density at radius 2 is 1.20 bits per heavy atom. The van der Waals surface area contributed by atoms with E-state index >= 15 is 0 Å². The molecule has 0 unspecified atom stereocenters. The first-order valence-corrected chi connectivity index (χ1v) is 17.6. The first-order valence-electron chi connectivity index (χ1n) is 16.8. The number of imide groups is 1. The lowest BCUT2D eigenvalue weighted by atomic mass is 9.93. The van der Waals surface area contributed by atoms with Crippen molar-refractivity contribution >= 4 is 46.9 Å². The van der Waals surface area contributed by atoms with Gasteiger partial charge in [0, 0.05) is 28.8 Å². The van der Waals surface area contributed by atoms with Crippen LogP contribution in [0.25, 0.3) is 28.6 Å². The molecule has 3 heterocycles. The van der Waals surface area contributed by atoms with Crippen molar-refractivity contribution in [2.24, 2.45) is 0 Å². The highest BCUT2D eigenvalue weighted by molar-refractivity contribution is 8.18. The second-order valence-corrected chi connectivity index (χ2v) is 13.6. The van der Waals surface area contributed by atoms with Crippen molar-refractivity contribution in [3.8, 4) is 22.5 Å². The van der Waals surface area contributed by atoms with Gasteiger partial charge in [0.15, 0.2) is 0 Å². The van der Waals surface area contributed by atoms with E-state index in [-0.39, 0.29) is 23.4 Å². The Kier molecular flexibility index (Phi) is 11.6. The molecule has 0 spiro atoms. The summed E-state index contributed by atoms with van der Waals surface area (Å²) in [6.07, 6.45) is 15.9. The van der Waals surface area contributed by atoms with Gasteiger partial charge in [0.25, 0.3) is 11.1 Å². The Labute approximate surface area is 294 Å². The minimum atomic E-state index is -0.371. The van der Waals surface area contributed by atoms with Gasteiger partial charge in [0.2, 0.25) is 0 Å². The fraction of sp³-hybridized carbons (Fsp3) is 0.324. The minimum absolute atomic E-state index is 0.165. The molecule has 3 fully saturated rings. The monoisotopic (exact) mass is 693 g/mol. The second kappa shape index (κ2) is 16.6. The van der Waals surface area contributed by atoms with Crippen LogP contribution in [0.5, 0.6) is 0 Å². The zero-order valence-electron chi connectivity index (χ0n) is 27.4. The zero-order valence-corrected chi connectivity index (χ0v) is 28.2. The lowest BCUT2D eigenvalue weighted by Crippen LogP contribution is -2.28. The molecule has 1 aliphatic heterocycles. The number of carbonyl (C=O) groups excluding carboxylic acids is 3. The molecule has 2 aliphatic carbocycles. The Morgan fingerprint density at radius 1 is 0.700 bits per heavy atom. The fourth-order valence-corrected chi connectivity index (χ4v) is 6.82. The van der Waals surface area contributed by atoms with Gasteiger partial charge in [-0.25, -0.2) is 9.97 Å². The molecule has 5 N–H and O–H groups in total. The van der Waals surface area contributed by atoms with Crippen LogP contribution in [0.15, 0.2) is 78.2 Å². The average Bonchev–Trinajstić information content (AvgIpc) is 3.46. The minimum Gasteiger partial charge on any atom is -0.393 e. The number of rotatable bonds is 8. The van der Waals surface area contributed by atoms with Crippen LogP contribution in [-0.2, 0) is 4.79 Å². The highest BCUT2D eigenvalue weighted by Gasteiger charge is 2.25. The summed E-state index contributed by atoms with van der Waals surface area (Å²) in [6.45, 7) is 0. The van der Waals surface area contributed by atoms with Gasteiger partial charge in [-0.3, -0.25) is 29.7 Å². The average molecular weight is 694 g/mol. The van der Waals surface area contributed by atoms with Crippen LogP contribution >= 0.6 is 11.8 Å². The Balaban J connectivity index is 0.000000178. The standard InChI is InChI=1S/C20H20N4O3S.C17H19N3O2/c25-15-6-4-14(5-7-15)22-18-11-21-10-16(23-18)13-3-1-2-12(8-13)9-17-19(26)24-20(27)28-17;21-11-12-2-1-3-13(8-12)16-9-18-10-17(20-16)19-14-4-6-15(22)7-5-14/h1-3,8-11,14-15,25H,4-7H2,(H,22,23)(H,24,26,27);1-3,8-11,14-15,22H,4-7H2,(H,19,20)/b17-9-;. The molecule has 258 valence electrons. The van der Waals surface area contributed by atoms with Crippen molar-refractivity contribution < 1.29 is 24.6 Å². The molecular formula is C37H39N7O5S. The molecule has 0 radical (unpaired) electrons. The maximum atomic E-state index is 11.7. The molecule has 2 amide bonds. The molecule has 13 heteroatoms. The summed E-state index contributed by atoms with van der Waals surface area (Å²) in [5, 5.41) is 27.9. The molecule has 2 aromatic heterocycles. The molecular weight excluding hydrogens is 655 g/mol. The number of nitrogens with one attached hydrogen (secondary N) is 3. The van der Waals surface area contributed by atoms with E-state index < -0.39 is 0 Å². The maximum absolute atomic E-state index is 11.7. The van der Waals surface area contributed by atoms with Crippen LogP contribution in [-0.4, -0.2) is 71.9 Å². The number of hydrogen-bond donors (Lipinski definition) is 5. The number of aldehydes is 1. The van der Waals surface area contributed by atoms with E-state index in [4.69, 9.17) is 0 Å². The van der Waals surface area contributed by atoms with Gasteiger partial charge in [-0.2, -0.15) is 0 Å². The van der Waals surface area contributed by atoms with Gasteiger partial charge in [-0.05, 0) is 86.9 Å². The van der Waals surface area contributed by atoms with Crippen LogP contribution in [0.1, 0.15) is 67.3 Å². The van der Waals surface area contributed by atoms with E-state index in [1.807, 2.05) is 36.4 Å². The van der Waals surface area contributed by atoms with E-state index in [1.165, 1.54) is 0 Å². The van der Waals surface area contributed by atoms with Crippen molar-refractivity contribution in [2.45, 2.75) is 75.7 Å². The normalized spacial score (nSPS) is 22.6. The predicted octanol–water partition coefficient (Wildman–Crippen LogP) is 5.85. The molecule has 2 aromatic carbocycles. The number of benzene rings is 2. The number of carbonyl (C=O) groups is 3. The third kappa shape index (κ3) is 9.59. The predicted molar refractivity (Wildman–Crippen MR) is 193 cm³/mol. The molecule has 1 saturated heterocycles. The SMILES string of the molecule is O=C1NC(=O)/C(=C/c2cccc(-c3cncc(NC4CCC(O)CC4)n3)c2)S1.O=Cc1cccc(-c2cncc(NC3CCC(O)CC3)n2)c1. The first-order chi connectivity index (χ1) is 24.3. The van der Waals surface area contributed by atoms with Crippen molar-refractivity contribution in [2.75, 3.05) is 10.6 Å². The number of thioether (sulfide) groups is 1. The topological polar surface area (TPSA) is 179 Å². The lowest BCUT2D eigenvalue weighted by Gasteiger charge is -2.26.